The highest BCUT2D eigenvalue weighted by Crippen LogP contribution is 2.27. The van der Waals surface area contributed by atoms with Crippen LogP contribution in [0.15, 0.2) is 52.3 Å². The summed E-state index contributed by atoms with van der Waals surface area (Å²) in [6.45, 7) is 4.07. The second kappa shape index (κ2) is 15.8. The van der Waals surface area contributed by atoms with Crippen molar-refractivity contribution in [2.45, 2.75) is 30.1 Å². The zero-order valence-corrected chi connectivity index (χ0v) is 24.6. The summed E-state index contributed by atoms with van der Waals surface area (Å²) in [6.07, 6.45) is 0.638. The fourth-order valence-corrected chi connectivity index (χ4v) is 5.74. The number of nitrogens with one attached hydrogen (secondary N) is 1. The Kier molecular flexibility index (Phi) is 13.9. The molecule has 2 aromatic carbocycles. The van der Waals surface area contributed by atoms with Crippen LogP contribution in [0.4, 0.5) is 0 Å². The summed E-state index contributed by atoms with van der Waals surface area (Å²) in [5, 5.41) is 8.23. The van der Waals surface area contributed by atoms with Crippen molar-refractivity contribution in [2.24, 2.45) is 5.73 Å². The molecule has 3 N–H and O–H groups in total. The number of halogens is 1. The number of nitrogens with zero attached hydrogens (tertiary/aromatic N) is 2. The number of sulfonamides is 1. The molecule has 13 nitrogen and oxygen atoms in total. The van der Waals surface area contributed by atoms with Crippen molar-refractivity contribution in [3.8, 4) is 11.5 Å². The minimum atomic E-state index is -4.45. The van der Waals surface area contributed by atoms with E-state index in [2.05, 4.69) is 0 Å². The highest BCUT2D eigenvalue weighted by atomic mass is 35.5. The molecule has 0 aromatic heterocycles. The van der Waals surface area contributed by atoms with Crippen molar-refractivity contribution >= 4 is 38.5 Å². The maximum atomic E-state index is 13.3. The summed E-state index contributed by atoms with van der Waals surface area (Å²) in [4.78, 5) is 10.0. The number of ether oxygens (including phenoxy) is 2. The second-order valence-corrected chi connectivity index (χ2v) is 11.4. The average Bonchev–Trinajstić information content (AvgIpc) is 2.86. The zero-order valence-electron chi connectivity index (χ0n) is 22.2. The van der Waals surface area contributed by atoms with Crippen LogP contribution >= 0.6 is 12.4 Å². The van der Waals surface area contributed by atoms with E-state index in [0.717, 1.165) is 10.4 Å². The van der Waals surface area contributed by atoms with Gasteiger partial charge in [-0.25, -0.2) is 13.3 Å². The Morgan fingerprint density at radius 2 is 1.51 bits per heavy atom. The highest BCUT2D eigenvalue weighted by Gasteiger charge is 2.27. The Bertz CT molecular complexity index is 1290. The van der Waals surface area contributed by atoms with E-state index in [0.29, 0.717) is 17.2 Å². The molecule has 0 saturated carbocycles. The van der Waals surface area contributed by atoms with Gasteiger partial charge >= 0.3 is 10.1 Å². The molecule has 0 heterocycles. The summed E-state index contributed by atoms with van der Waals surface area (Å²) in [5.41, 5.74) is 5.84. The molecule has 0 spiro atoms. The lowest BCUT2D eigenvalue weighted by Crippen LogP contribution is -2.39. The lowest BCUT2D eigenvalue weighted by molar-refractivity contribution is -0.263. The standard InChI is InChI=1S/C23H34N4O9S2.ClH/c1-5-11-34-27(23(24)25)35-19-7-6-8-20(16-19)36-38(30,31)22-15-18(2)14-21(17-22)37(28,29)26(9-12-32-3)10-13-33-4;/h6-8,14-17H,5,9-13H2,1-4H3,(H3,24,25);1H. The van der Waals surface area contributed by atoms with E-state index < -0.39 is 26.1 Å². The second-order valence-electron chi connectivity index (χ2n) is 7.95. The van der Waals surface area contributed by atoms with Gasteiger partial charge < -0.3 is 24.2 Å². The van der Waals surface area contributed by atoms with E-state index in [1.165, 1.54) is 50.6 Å². The predicted molar refractivity (Wildman–Crippen MR) is 146 cm³/mol. The van der Waals surface area contributed by atoms with E-state index in [1.807, 2.05) is 6.92 Å². The summed E-state index contributed by atoms with van der Waals surface area (Å²) >= 11 is 0. The monoisotopic (exact) mass is 610 g/mol. The number of hydrogen-bond donors (Lipinski definition) is 2. The minimum absolute atomic E-state index is 0. The molecule has 0 aliphatic heterocycles. The van der Waals surface area contributed by atoms with Crippen LogP contribution in [0.3, 0.4) is 0 Å². The Morgan fingerprint density at radius 3 is 2.08 bits per heavy atom. The molecule has 16 heteroatoms. The first-order valence-electron chi connectivity index (χ1n) is 11.5. The first kappa shape index (κ1) is 34.4. The molecule has 0 unspecified atom stereocenters. The van der Waals surface area contributed by atoms with Crippen LogP contribution in [0.1, 0.15) is 18.9 Å². The molecule has 2 rings (SSSR count). The molecule has 0 aliphatic rings. The normalized spacial score (nSPS) is 11.6. The first-order chi connectivity index (χ1) is 17.9. The van der Waals surface area contributed by atoms with Gasteiger partial charge in [-0.2, -0.15) is 12.7 Å². The number of nitrogens with two attached hydrogens (primary N) is 1. The molecule has 0 atom stereocenters. The van der Waals surface area contributed by atoms with Crippen molar-refractivity contribution in [1.29, 1.82) is 5.41 Å². The van der Waals surface area contributed by atoms with Crippen molar-refractivity contribution in [3.63, 3.8) is 0 Å². The van der Waals surface area contributed by atoms with Gasteiger partial charge in [0.1, 0.15) is 10.6 Å². The Balaban J connectivity index is 0.00000760. The van der Waals surface area contributed by atoms with Crippen LogP contribution in [0, 0.1) is 12.3 Å². The number of rotatable bonds is 16. The van der Waals surface area contributed by atoms with Gasteiger partial charge in [0.15, 0.2) is 5.75 Å². The van der Waals surface area contributed by atoms with Crippen LogP contribution in [-0.4, -0.2) is 79.5 Å². The quantitative estimate of drug-likeness (QED) is 0.124. The summed E-state index contributed by atoms with van der Waals surface area (Å²) in [6, 6.07) is 9.31. The smallest absolute Gasteiger partial charge is 0.339 e. The molecule has 39 heavy (non-hydrogen) atoms. The van der Waals surface area contributed by atoms with Crippen LogP contribution < -0.4 is 14.8 Å². The maximum Gasteiger partial charge on any atom is 0.339 e. The third kappa shape index (κ3) is 10.1. The van der Waals surface area contributed by atoms with E-state index in [1.54, 1.807) is 6.92 Å². The van der Waals surface area contributed by atoms with E-state index in [9.17, 15) is 16.8 Å². The molecule has 0 bridgehead atoms. The molecule has 0 amide bonds. The molecular weight excluding hydrogens is 576 g/mol. The van der Waals surface area contributed by atoms with Gasteiger partial charge in [-0.1, -0.05) is 13.0 Å². The largest absolute Gasteiger partial charge is 0.383 e. The van der Waals surface area contributed by atoms with Crippen molar-refractivity contribution in [3.05, 3.63) is 48.0 Å². The highest BCUT2D eigenvalue weighted by molar-refractivity contribution is 7.89. The molecule has 0 saturated heterocycles. The Morgan fingerprint density at radius 1 is 0.923 bits per heavy atom. The molecule has 0 aliphatic carbocycles. The van der Waals surface area contributed by atoms with Crippen LogP contribution in [-0.2, 0) is 34.5 Å². The predicted octanol–water partition coefficient (Wildman–Crippen LogP) is 2.30. The van der Waals surface area contributed by atoms with Gasteiger partial charge in [0.05, 0.1) is 24.7 Å². The zero-order chi connectivity index (χ0) is 28.3. The summed E-state index contributed by atoms with van der Waals surface area (Å²) in [5.74, 6) is -0.548. The van der Waals surface area contributed by atoms with Gasteiger partial charge in [-0.05, 0) is 54.5 Å². The average molecular weight is 611 g/mol. The van der Waals surface area contributed by atoms with Gasteiger partial charge in [0, 0.05) is 33.4 Å². The van der Waals surface area contributed by atoms with Crippen LogP contribution in [0.2, 0.25) is 0 Å². The van der Waals surface area contributed by atoms with Gasteiger partial charge in [0.2, 0.25) is 10.0 Å². The first-order valence-corrected chi connectivity index (χ1v) is 14.4. The number of benzene rings is 2. The number of aryl methyl sites for hydroxylation is 1. The minimum Gasteiger partial charge on any atom is -0.383 e. The number of hydroxylamine groups is 2. The maximum absolute atomic E-state index is 13.3. The number of hydrogen-bond acceptors (Lipinski definition) is 10. The molecule has 2 aromatic rings. The van der Waals surface area contributed by atoms with Crippen molar-refractivity contribution in [2.75, 3.05) is 47.1 Å². The fraction of sp³-hybridized carbons (Fsp3) is 0.435. The van der Waals surface area contributed by atoms with Gasteiger partial charge in [0.25, 0.3) is 5.96 Å². The SMILES string of the molecule is CCCON(Oc1cccc(OS(=O)(=O)c2cc(C)cc(S(=O)(=O)N(CCOC)CCOC)c2)c1)C(=N)N.Cl. The fourth-order valence-electron chi connectivity index (χ4n) is 3.07. The molecular formula is C23H35ClN4O9S2. The number of guanidine groups is 1. The molecule has 0 fully saturated rings. The molecule has 220 valence electrons. The molecule has 0 radical (unpaired) electrons. The van der Waals surface area contributed by atoms with E-state index in [-0.39, 0.29) is 66.6 Å². The van der Waals surface area contributed by atoms with E-state index in [4.69, 9.17) is 34.5 Å². The van der Waals surface area contributed by atoms with Gasteiger partial charge in [-0.3, -0.25) is 5.41 Å². The third-order valence-electron chi connectivity index (χ3n) is 4.85. The van der Waals surface area contributed by atoms with Crippen molar-refractivity contribution in [1.82, 2.24) is 9.53 Å². The van der Waals surface area contributed by atoms with E-state index >= 15 is 0 Å². The van der Waals surface area contributed by atoms with Crippen LogP contribution in [0.25, 0.3) is 0 Å². The summed E-state index contributed by atoms with van der Waals surface area (Å²) in [7, 11) is -5.63. The van der Waals surface area contributed by atoms with Crippen molar-refractivity contribution < 1.29 is 40.2 Å². The van der Waals surface area contributed by atoms with Gasteiger partial charge in [-0.15, -0.1) is 12.4 Å². The topological polar surface area (TPSA) is 171 Å². The number of methoxy groups -OCH3 is 2. The lowest BCUT2D eigenvalue weighted by atomic mass is 10.2. The lowest BCUT2D eigenvalue weighted by Gasteiger charge is -2.22. The third-order valence-corrected chi connectivity index (χ3v) is 7.95. The Labute approximate surface area is 235 Å². The van der Waals surface area contributed by atoms with Crippen LogP contribution in [0.5, 0.6) is 11.5 Å². The Hall–Kier alpha value is -2.66. The summed E-state index contributed by atoms with van der Waals surface area (Å²) < 4.78 is 69.4.